The van der Waals surface area contributed by atoms with Gasteiger partial charge >= 0.3 is 6.36 Å². The summed E-state index contributed by atoms with van der Waals surface area (Å²) in [5, 5.41) is 0. The Balaban J connectivity index is 2.53. The fourth-order valence-corrected chi connectivity index (χ4v) is 1.08. The highest BCUT2D eigenvalue weighted by molar-refractivity contribution is 5.31. The van der Waals surface area contributed by atoms with Gasteiger partial charge in [0.2, 0.25) is 0 Å². The molecule has 7 heteroatoms. The van der Waals surface area contributed by atoms with E-state index >= 15 is 0 Å². The van der Waals surface area contributed by atoms with Gasteiger partial charge in [-0.05, 0) is 30.3 Å². The molecule has 0 aromatic heterocycles. The fraction of sp³-hybridized carbons (Fsp3) is 0.273. The maximum Gasteiger partial charge on any atom is 0.573 e. The van der Waals surface area contributed by atoms with E-state index in [9.17, 15) is 17.6 Å². The molecule has 0 unspecified atom stereocenters. The second-order valence-electron chi connectivity index (χ2n) is 3.19. The normalized spacial score (nSPS) is 12.4. The molecule has 0 heterocycles. The second kappa shape index (κ2) is 6.25. The number of alkyl halides is 3. The predicted octanol–water partition coefficient (Wildman–Crippen LogP) is 2.78. The standard InChI is InChI=1S/C11H11F4NO2/c12-8(5-6-16)7-17-9-1-3-10(4-2-9)18-11(13,14)15/h1-5H,6-7,16H2/b8-5-. The molecule has 1 rings (SSSR count). The summed E-state index contributed by atoms with van der Waals surface area (Å²) < 4.78 is 57.1. The van der Waals surface area contributed by atoms with Crippen LogP contribution in [-0.2, 0) is 0 Å². The first-order valence-electron chi connectivity index (χ1n) is 4.94. The highest BCUT2D eigenvalue weighted by Gasteiger charge is 2.30. The van der Waals surface area contributed by atoms with Gasteiger partial charge in [-0.25, -0.2) is 4.39 Å². The Kier molecular flexibility index (Phi) is 4.96. The first-order valence-corrected chi connectivity index (χ1v) is 4.94. The van der Waals surface area contributed by atoms with Gasteiger partial charge in [-0.1, -0.05) is 0 Å². The van der Waals surface area contributed by atoms with Crippen molar-refractivity contribution in [2.24, 2.45) is 5.73 Å². The molecule has 0 amide bonds. The van der Waals surface area contributed by atoms with Crippen molar-refractivity contribution >= 4 is 0 Å². The molecular formula is C11H11F4NO2. The zero-order valence-corrected chi connectivity index (χ0v) is 9.21. The van der Waals surface area contributed by atoms with E-state index in [2.05, 4.69) is 4.74 Å². The summed E-state index contributed by atoms with van der Waals surface area (Å²) in [5.74, 6) is -0.689. The minimum absolute atomic E-state index is 0.0492. The van der Waals surface area contributed by atoms with E-state index in [0.29, 0.717) is 0 Å². The summed E-state index contributed by atoms with van der Waals surface area (Å²) in [6.07, 6.45) is -3.60. The molecule has 0 atom stereocenters. The van der Waals surface area contributed by atoms with Crippen molar-refractivity contribution in [3.63, 3.8) is 0 Å². The van der Waals surface area contributed by atoms with Crippen molar-refractivity contribution in [1.82, 2.24) is 0 Å². The molecule has 18 heavy (non-hydrogen) atoms. The van der Waals surface area contributed by atoms with Gasteiger partial charge in [0.05, 0.1) is 0 Å². The summed E-state index contributed by atoms with van der Waals surface area (Å²) in [5.41, 5.74) is 5.08. The zero-order valence-electron chi connectivity index (χ0n) is 9.21. The number of nitrogens with two attached hydrogens (primary N) is 1. The Morgan fingerprint density at radius 1 is 1.17 bits per heavy atom. The lowest BCUT2D eigenvalue weighted by atomic mass is 10.3. The van der Waals surface area contributed by atoms with Gasteiger partial charge in [-0.2, -0.15) is 0 Å². The molecule has 2 N–H and O–H groups in total. The highest BCUT2D eigenvalue weighted by atomic mass is 19.4. The SMILES string of the molecule is NC/C=C(\F)COc1ccc(OC(F)(F)F)cc1. The molecule has 100 valence electrons. The van der Waals surface area contributed by atoms with Crippen molar-refractivity contribution < 1.29 is 27.0 Å². The largest absolute Gasteiger partial charge is 0.573 e. The summed E-state index contributed by atoms with van der Waals surface area (Å²) >= 11 is 0. The third kappa shape index (κ3) is 5.53. The van der Waals surface area contributed by atoms with Gasteiger partial charge in [0, 0.05) is 6.54 Å². The number of benzene rings is 1. The topological polar surface area (TPSA) is 44.5 Å². The van der Waals surface area contributed by atoms with Crippen LogP contribution in [0, 0.1) is 0 Å². The van der Waals surface area contributed by atoms with Crippen LogP contribution in [0.2, 0.25) is 0 Å². The van der Waals surface area contributed by atoms with Crippen LogP contribution in [0.5, 0.6) is 11.5 Å². The van der Waals surface area contributed by atoms with E-state index in [-0.39, 0.29) is 24.7 Å². The fourth-order valence-electron chi connectivity index (χ4n) is 1.08. The quantitative estimate of drug-likeness (QED) is 0.832. The van der Waals surface area contributed by atoms with Gasteiger partial charge in [0.25, 0.3) is 0 Å². The molecule has 3 nitrogen and oxygen atoms in total. The van der Waals surface area contributed by atoms with Crippen molar-refractivity contribution in [3.05, 3.63) is 36.2 Å². The lowest BCUT2D eigenvalue weighted by Crippen LogP contribution is -2.16. The Hall–Kier alpha value is -1.76. The lowest BCUT2D eigenvalue weighted by Gasteiger charge is -2.09. The first kappa shape index (κ1) is 14.3. The van der Waals surface area contributed by atoms with Crippen LogP contribution >= 0.6 is 0 Å². The monoisotopic (exact) mass is 265 g/mol. The van der Waals surface area contributed by atoms with E-state index < -0.39 is 12.2 Å². The van der Waals surface area contributed by atoms with Crippen LogP contribution in [0.1, 0.15) is 0 Å². The molecule has 0 radical (unpaired) electrons. The van der Waals surface area contributed by atoms with E-state index in [0.717, 1.165) is 18.2 Å². The van der Waals surface area contributed by atoms with E-state index in [1.165, 1.54) is 12.1 Å². The van der Waals surface area contributed by atoms with Crippen LogP contribution in [0.25, 0.3) is 0 Å². The van der Waals surface area contributed by atoms with E-state index in [1.807, 2.05) is 0 Å². The Labute approximate surface area is 101 Å². The van der Waals surface area contributed by atoms with E-state index in [1.54, 1.807) is 0 Å². The Morgan fingerprint density at radius 2 is 1.72 bits per heavy atom. The molecule has 0 spiro atoms. The summed E-state index contributed by atoms with van der Waals surface area (Å²) in [7, 11) is 0. The Morgan fingerprint density at radius 3 is 2.22 bits per heavy atom. The number of ether oxygens (including phenoxy) is 2. The van der Waals surface area contributed by atoms with Crippen LogP contribution < -0.4 is 15.2 Å². The summed E-state index contributed by atoms with van der Waals surface area (Å²) in [6, 6.07) is 4.65. The van der Waals surface area contributed by atoms with Crippen LogP contribution in [0.15, 0.2) is 36.2 Å². The molecular weight excluding hydrogens is 254 g/mol. The molecule has 1 aromatic carbocycles. The molecule has 0 aliphatic carbocycles. The minimum atomic E-state index is -4.74. The van der Waals surface area contributed by atoms with Crippen LogP contribution in [0.4, 0.5) is 17.6 Å². The molecule has 0 saturated heterocycles. The molecule has 0 saturated carbocycles. The number of halogens is 4. The van der Waals surface area contributed by atoms with Gasteiger partial charge in [-0.3, -0.25) is 0 Å². The molecule has 0 aliphatic heterocycles. The maximum absolute atomic E-state index is 12.9. The summed E-state index contributed by atoms with van der Waals surface area (Å²) in [6.45, 7) is -0.274. The second-order valence-corrected chi connectivity index (χ2v) is 3.19. The molecule has 1 aromatic rings. The third-order valence-corrected chi connectivity index (χ3v) is 1.77. The molecule has 0 fully saturated rings. The van der Waals surface area contributed by atoms with Crippen molar-refractivity contribution in [1.29, 1.82) is 0 Å². The lowest BCUT2D eigenvalue weighted by molar-refractivity contribution is -0.274. The first-order chi connectivity index (χ1) is 8.40. The maximum atomic E-state index is 12.9. The zero-order chi connectivity index (χ0) is 13.6. The van der Waals surface area contributed by atoms with Gasteiger partial charge in [0.15, 0.2) is 0 Å². The number of hydrogen-bond acceptors (Lipinski definition) is 3. The van der Waals surface area contributed by atoms with Crippen molar-refractivity contribution in [3.8, 4) is 11.5 Å². The predicted molar refractivity (Wildman–Crippen MR) is 56.9 cm³/mol. The average molecular weight is 265 g/mol. The number of rotatable bonds is 5. The van der Waals surface area contributed by atoms with Crippen molar-refractivity contribution in [2.45, 2.75) is 6.36 Å². The Bertz CT molecular complexity index is 400. The smallest absolute Gasteiger partial charge is 0.487 e. The number of hydrogen-bond donors (Lipinski definition) is 1. The van der Waals surface area contributed by atoms with Gasteiger partial charge in [0.1, 0.15) is 23.9 Å². The molecule has 0 aliphatic rings. The molecule has 0 bridgehead atoms. The highest BCUT2D eigenvalue weighted by Crippen LogP contribution is 2.24. The average Bonchev–Trinajstić information content (AvgIpc) is 2.26. The van der Waals surface area contributed by atoms with E-state index in [4.69, 9.17) is 10.5 Å². The van der Waals surface area contributed by atoms with Gasteiger partial charge < -0.3 is 15.2 Å². The van der Waals surface area contributed by atoms with Gasteiger partial charge in [-0.15, -0.1) is 13.2 Å². The van der Waals surface area contributed by atoms with Crippen molar-refractivity contribution in [2.75, 3.05) is 13.2 Å². The van der Waals surface area contributed by atoms with Crippen LogP contribution in [-0.4, -0.2) is 19.5 Å². The van der Waals surface area contributed by atoms with Crippen LogP contribution in [0.3, 0.4) is 0 Å². The third-order valence-electron chi connectivity index (χ3n) is 1.77. The summed E-state index contributed by atoms with van der Waals surface area (Å²) in [4.78, 5) is 0. The minimum Gasteiger partial charge on any atom is -0.487 e.